The lowest BCUT2D eigenvalue weighted by Gasteiger charge is -2.71. The van der Waals surface area contributed by atoms with Crippen molar-refractivity contribution in [3.8, 4) is 0 Å². The van der Waals surface area contributed by atoms with Gasteiger partial charge in [-0.15, -0.1) is 0 Å². The molecule has 0 aromatic heterocycles. The molecule has 0 spiro atoms. The van der Waals surface area contributed by atoms with E-state index in [1.54, 1.807) is 6.08 Å². The van der Waals surface area contributed by atoms with Crippen LogP contribution < -0.4 is 10.6 Å². The molecule has 0 amide bonds. The molecule has 6 fully saturated rings. The molecule has 8 rings (SSSR count). The van der Waals surface area contributed by atoms with Crippen molar-refractivity contribution in [2.24, 2.45) is 58.2 Å². The zero-order chi connectivity index (χ0) is 34.6. The molecule has 0 unspecified atom stereocenters. The minimum Gasteiger partial charge on any atom is -0.450 e. The van der Waals surface area contributed by atoms with Gasteiger partial charge < -0.3 is 40.6 Å². The third kappa shape index (κ3) is 4.51. The second-order valence-electron chi connectivity index (χ2n) is 18.2. The Kier molecular flexibility index (Phi) is 8.41. The Morgan fingerprint density at radius 2 is 1.80 bits per heavy atom. The van der Waals surface area contributed by atoms with Crippen LogP contribution in [-0.4, -0.2) is 88.4 Å². The normalized spacial score (nSPS) is 50.9. The Morgan fingerprint density at radius 1 is 1.02 bits per heavy atom. The molecule has 1 aliphatic heterocycles. The van der Waals surface area contributed by atoms with E-state index in [2.05, 4.69) is 30.6 Å². The lowest BCUT2D eigenvalue weighted by Crippen LogP contribution is -2.80. The molecule has 0 saturated heterocycles. The van der Waals surface area contributed by atoms with Crippen LogP contribution in [0.25, 0.3) is 0 Å². The maximum atomic E-state index is 13.8. The van der Waals surface area contributed by atoms with E-state index in [4.69, 9.17) is 4.74 Å². The predicted molar refractivity (Wildman–Crippen MR) is 184 cm³/mol. The Labute approximate surface area is 291 Å². The molecular weight excluding hydrogens is 620 g/mol. The minimum absolute atomic E-state index is 0.103. The van der Waals surface area contributed by atoms with Gasteiger partial charge in [0.1, 0.15) is 18.0 Å². The first kappa shape index (κ1) is 34.5. The number of rotatable bonds is 8. The quantitative estimate of drug-likeness (QED) is 0.0982. The molecule has 7 aliphatic carbocycles. The van der Waals surface area contributed by atoms with Crippen LogP contribution in [0.3, 0.4) is 0 Å². The number of aliphatic hydroxyl groups is 4. The number of nitrogens with one attached hydrogen (secondary N) is 2. The van der Waals surface area contributed by atoms with Gasteiger partial charge in [0.25, 0.3) is 0 Å². The van der Waals surface area contributed by atoms with Crippen LogP contribution in [0.2, 0.25) is 0 Å². The molecule has 0 aromatic rings. The largest absolute Gasteiger partial charge is 0.450 e. The summed E-state index contributed by atoms with van der Waals surface area (Å²) in [4.78, 5) is 26.6. The summed E-state index contributed by atoms with van der Waals surface area (Å²) < 4.78 is 5.90. The molecule has 9 nitrogen and oxygen atoms in total. The average Bonchev–Trinajstić information content (AvgIpc) is 3.77. The lowest BCUT2D eigenvalue weighted by atomic mass is 9.36. The van der Waals surface area contributed by atoms with Gasteiger partial charge in [0.05, 0.1) is 22.7 Å². The van der Waals surface area contributed by atoms with E-state index in [-0.39, 0.29) is 24.2 Å². The average molecular weight is 681 g/mol. The molecule has 0 bridgehead atoms. The number of carbonyl (C=O) groups is 2. The molecule has 9 heteroatoms. The summed E-state index contributed by atoms with van der Waals surface area (Å²) in [6, 6.07) is 0. The van der Waals surface area contributed by atoms with Crippen molar-refractivity contribution in [1.82, 2.24) is 10.6 Å². The van der Waals surface area contributed by atoms with Crippen molar-refractivity contribution in [1.29, 1.82) is 0 Å². The fourth-order valence-electron chi connectivity index (χ4n) is 14.4. The summed E-state index contributed by atoms with van der Waals surface area (Å²) in [5, 5.41) is 58.3. The van der Waals surface area contributed by atoms with Crippen molar-refractivity contribution >= 4 is 12.3 Å². The third-order valence-corrected chi connectivity index (χ3v) is 16.6. The van der Waals surface area contributed by atoms with Gasteiger partial charge >= 0.3 is 5.97 Å². The summed E-state index contributed by atoms with van der Waals surface area (Å²) in [6.45, 7) is 6.59. The fourth-order valence-corrected chi connectivity index (χ4v) is 14.4. The highest BCUT2D eigenvalue weighted by Crippen LogP contribution is 2.76. The second-order valence-corrected chi connectivity index (χ2v) is 18.2. The first-order valence-electron chi connectivity index (χ1n) is 19.7. The van der Waals surface area contributed by atoms with E-state index in [1.165, 1.54) is 25.7 Å². The maximum Gasteiger partial charge on any atom is 0.331 e. The molecular formula is C40H60N2O7. The minimum atomic E-state index is -1.62. The number of aliphatic hydroxyl groups excluding tert-OH is 1. The zero-order valence-corrected chi connectivity index (χ0v) is 29.8. The van der Waals surface area contributed by atoms with Crippen LogP contribution in [0.1, 0.15) is 97.3 Å². The highest BCUT2D eigenvalue weighted by Gasteiger charge is 2.81. The molecule has 272 valence electrons. The number of aldehydes is 1. The number of hydrogen-bond acceptors (Lipinski definition) is 9. The van der Waals surface area contributed by atoms with Crippen molar-refractivity contribution in [3.05, 3.63) is 23.3 Å². The van der Waals surface area contributed by atoms with E-state index in [0.717, 1.165) is 36.9 Å². The third-order valence-electron chi connectivity index (χ3n) is 16.6. The standard InChI is InChI=1S/C40H60N2O7/c1-23(24-6-4-5-7-24)25-8-9-30-31(44)10-13-37(22-43)32-11-12-36(2)34-26(19-39(36,47)38(32,46)20-28(17-25)40(30,37)48)16-27(21-42-15-14-41-3)35-29(34)18-33(45)49-35/h16,18,22-26,28,30-32,34-35,41-42,44,46-48H,4-15,17,19-21H2,1-3H3/t23-,25-,26+,28+,30+,31-,32+,34+,35-,36+,37-,38-,39+,40-/m0/s1. The fraction of sp³-hybridized carbons (Fsp3) is 0.850. The van der Waals surface area contributed by atoms with E-state index in [0.29, 0.717) is 69.2 Å². The summed E-state index contributed by atoms with van der Waals surface area (Å²) >= 11 is 0. The first-order chi connectivity index (χ1) is 23.4. The lowest BCUT2D eigenvalue weighted by molar-refractivity contribution is -0.341. The van der Waals surface area contributed by atoms with Crippen molar-refractivity contribution in [2.75, 3.05) is 26.7 Å². The number of fused-ring (bicyclic) bond motifs is 8. The number of esters is 1. The van der Waals surface area contributed by atoms with E-state index in [1.807, 2.05) is 7.05 Å². The van der Waals surface area contributed by atoms with Gasteiger partial charge in [0.15, 0.2) is 0 Å². The van der Waals surface area contributed by atoms with E-state index >= 15 is 0 Å². The maximum absolute atomic E-state index is 13.8. The SMILES string of the molecule is CNCCNCC1=C[C@@H]2C[C@@]3(O)[C@](C)(CC[C@H]4[C@@]3(O)C[C@H]3C[C@@H]([C@@H](C)C5CCCC5)CC[C@@H]5[C@@H](O)CC[C@@]4(C=O)[C@]35O)[C@H]2C2=CC(=O)O[C@@H]12. The first-order valence-corrected chi connectivity index (χ1v) is 19.7. The second kappa shape index (κ2) is 12.0. The van der Waals surface area contributed by atoms with Gasteiger partial charge in [-0.05, 0) is 111 Å². The Balaban J connectivity index is 1.20. The van der Waals surface area contributed by atoms with Crippen LogP contribution in [0.15, 0.2) is 23.3 Å². The van der Waals surface area contributed by atoms with Crippen LogP contribution >= 0.6 is 0 Å². The number of hydrogen-bond donors (Lipinski definition) is 6. The predicted octanol–water partition coefficient (Wildman–Crippen LogP) is 3.44. The summed E-state index contributed by atoms with van der Waals surface area (Å²) in [5.74, 6) is -0.691. The van der Waals surface area contributed by atoms with Crippen molar-refractivity contribution in [2.45, 2.75) is 126 Å². The van der Waals surface area contributed by atoms with Gasteiger partial charge in [-0.2, -0.15) is 0 Å². The van der Waals surface area contributed by atoms with Gasteiger partial charge in [-0.3, -0.25) is 0 Å². The molecule has 6 saturated carbocycles. The van der Waals surface area contributed by atoms with Crippen LogP contribution in [0.5, 0.6) is 0 Å². The van der Waals surface area contributed by atoms with Crippen LogP contribution in [-0.2, 0) is 14.3 Å². The summed E-state index contributed by atoms with van der Waals surface area (Å²) in [7, 11) is 1.91. The van der Waals surface area contributed by atoms with Gasteiger partial charge in [-0.25, -0.2) is 4.79 Å². The topological polar surface area (TPSA) is 148 Å². The molecule has 49 heavy (non-hydrogen) atoms. The number of likely N-dealkylation sites (N-methyl/N-ethyl adjacent to an activating group) is 1. The molecule has 6 N–H and O–H groups in total. The number of carbonyl (C=O) groups excluding carboxylic acids is 2. The Bertz CT molecular complexity index is 1410. The van der Waals surface area contributed by atoms with Gasteiger partial charge in [0, 0.05) is 43.0 Å². The van der Waals surface area contributed by atoms with Gasteiger partial charge in [-0.1, -0.05) is 45.6 Å². The summed E-state index contributed by atoms with van der Waals surface area (Å²) in [6.07, 6.45) is 13.2. The van der Waals surface area contributed by atoms with Crippen LogP contribution in [0.4, 0.5) is 0 Å². The Hall–Kier alpha value is -1.62. The van der Waals surface area contributed by atoms with Crippen molar-refractivity contribution in [3.63, 3.8) is 0 Å². The monoisotopic (exact) mass is 680 g/mol. The number of allylic oxidation sites excluding steroid dienone is 1. The van der Waals surface area contributed by atoms with Crippen molar-refractivity contribution < 1.29 is 34.8 Å². The van der Waals surface area contributed by atoms with E-state index < -0.39 is 57.6 Å². The Morgan fingerprint density at radius 3 is 2.53 bits per heavy atom. The molecule has 8 aliphatic rings. The molecule has 1 heterocycles. The highest BCUT2D eigenvalue weighted by molar-refractivity contribution is 5.87. The zero-order valence-electron chi connectivity index (χ0n) is 29.8. The molecule has 0 aromatic carbocycles. The molecule has 0 radical (unpaired) electrons. The number of ether oxygens (including phenoxy) is 1. The highest BCUT2D eigenvalue weighted by atomic mass is 16.5. The van der Waals surface area contributed by atoms with Crippen LogP contribution in [0, 0.1) is 58.2 Å². The summed E-state index contributed by atoms with van der Waals surface area (Å²) in [5.41, 5.74) is -4.73. The smallest absolute Gasteiger partial charge is 0.331 e. The van der Waals surface area contributed by atoms with E-state index in [9.17, 15) is 30.0 Å². The van der Waals surface area contributed by atoms with Gasteiger partial charge in [0.2, 0.25) is 0 Å². The molecule has 14 atom stereocenters.